The summed E-state index contributed by atoms with van der Waals surface area (Å²) < 4.78 is 10.7. The third kappa shape index (κ3) is 15.2. The number of nitrogens with zero attached hydrogens (tertiary/aromatic N) is 4. The normalized spacial score (nSPS) is 14.3. The van der Waals surface area contributed by atoms with Crippen molar-refractivity contribution in [1.29, 1.82) is 0 Å². The second kappa shape index (κ2) is 23.8. The highest BCUT2D eigenvalue weighted by Crippen LogP contribution is 2.21. The lowest BCUT2D eigenvalue weighted by Gasteiger charge is -2.34. The predicted octanol–water partition coefficient (Wildman–Crippen LogP) is 3.74. The molecule has 0 radical (unpaired) electrons. The number of aliphatic hydroxyl groups is 2. The van der Waals surface area contributed by atoms with E-state index in [1.165, 1.54) is 0 Å². The van der Waals surface area contributed by atoms with E-state index in [0.29, 0.717) is 10.3 Å². The molecule has 6 atom stereocenters. The van der Waals surface area contributed by atoms with Crippen molar-refractivity contribution in [3.05, 3.63) is 109 Å². The Morgan fingerprint density at radius 2 is 0.897 bits per heavy atom. The largest absolute Gasteiger partial charge is 0.445 e. The topological polar surface area (TPSA) is 227 Å². The van der Waals surface area contributed by atoms with E-state index in [-0.39, 0.29) is 24.7 Å². The van der Waals surface area contributed by atoms with Crippen LogP contribution in [0.5, 0.6) is 0 Å². The Morgan fingerprint density at radius 3 is 1.22 bits per heavy atom. The number of carbonyl (C=O) groups excluding carboxylic acids is 4. The summed E-state index contributed by atoms with van der Waals surface area (Å²) in [5.41, 5.74) is 1.52. The fraction of sp³-hybridized carbons (Fsp3) is 0.400. The molecule has 18 heteroatoms. The van der Waals surface area contributed by atoms with Gasteiger partial charge >= 0.3 is 12.2 Å². The highest BCUT2D eigenvalue weighted by atomic mass is 32.2. The smallest absolute Gasteiger partial charge is 0.408 e. The van der Waals surface area contributed by atoms with Crippen LogP contribution in [0.25, 0.3) is 0 Å². The molecule has 4 aromatic rings. The van der Waals surface area contributed by atoms with E-state index in [9.17, 15) is 29.4 Å². The number of alkyl carbamates (subject to hydrolysis) is 2. The van der Waals surface area contributed by atoms with Gasteiger partial charge < -0.3 is 41.0 Å². The second-order valence-corrected chi connectivity index (χ2v) is 15.7. The standard InChI is InChI=1S/C40H50N8O8S2/c1-25(2)31(47-39(53)55-21-27-13-7-5-8-14-27)35(51)45-29(23-57-37-41-17-11-18-42-37)33(49)34(50)30(24-58-38-43-19-12-20-44-38)46-36(52)32(26(3)4)48-40(54)56-22-28-15-9-6-10-16-28/h5-20,25-26,29-34,49-50H,21-24H2,1-4H3,(H,45,51)(H,46,52)(H,47,53)(H,48,54)/t29-,30-,31-,32-,33+,34+/m0/s1. The number of aliphatic hydroxyl groups excluding tert-OH is 2. The molecule has 0 unspecified atom stereocenters. The Hall–Kier alpha value is -5.30. The fourth-order valence-electron chi connectivity index (χ4n) is 5.37. The summed E-state index contributed by atoms with van der Waals surface area (Å²) in [5, 5.41) is 35.2. The first-order chi connectivity index (χ1) is 27.9. The van der Waals surface area contributed by atoms with Gasteiger partial charge in [-0.3, -0.25) is 9.59 Å². The van der Waals surface area contributed by atoms with Crippen LogP contribution in [0.4, 0.5) is 9.59 Å². The SMILES string of the molecule is CC(C)[C@H](NC(=O)OCc1ccccc1)C(=O)N[C@@H](CSc1ncccn1)[C@@H](O)[C@H](O)[C@H](CSc1ncccn1)NC(=O)[C@@H](NC(=O)OCc1ccccc1)C(C)C. The summed E-state index contributed by atoms with van der Waals surface area (Å²) in [6, 6.07) is 16.9. The van der Waals surface area contributed by atoms with Crippen LogP contribution in [0.3, 0.4) is 0 Å². The molecule has 4 amide bonds. The minimum absolute atomic E-state index is 0.0123. The molecule has 0 fully saturated rings. The van der Waals surface area contributed by atoms with Gasteiger partial charge in [-0.2, -0.15) is 0 Å². The van der Waals surface area contributed by atoms with Crippen LogP contribution in [0.15, 0.2) is 108 Å². The third-order valence-electron chi connectivity index (χ3n) is 8.57. The first-order valence-corrected chi connectivity index (χ1v) is 20.6. The zero-order valence-corrected chi connectivity index (χ0v) is 34.3. The molecule has 310 valence electrons. The Morgan fingerprint density at radius 1 is 0.552 bits per heavy atom. The molecule has 0 aliphatic rings. The first kappa shape index (κ1) is 45.4. The van der Waals surface area contributed by atoms with Crippen LogP contribution >= 0.6 is 23.5 Å². The van der Waals surface area contributed by atoms with E-state index in [4.69, 9.17) is 9.47 Å². The number of hydrogen-bond donors (Lipinski definition) is 6. The summed E-state index contributed by atoms with van der Waals surface area (Å²) in [4.78, 5) is 70.2. The van der Waals surface area contributed by atoms with Crippen LogP contribution in [-0.4, -0.2) is 102 Å². The lowest BCUT2D eigenvalue weighted by molar-refractivity contribution is -0.128. The number of ether oxygens (including phenoxy) is 2. The van der Waals surface area contributed by atoms with Crippen molar-refractivity contribution in [2.45, 2.75) is 87.6 Å². The zero-order chi connectivity index (χ0) is 41.9. The van der Waals surface area contributed by atoms with Crippen LogP contribution in [0.2, 0.25) is 0 Å². The Balaban J connectivity index is 1.52. The molecule has 58 heavy (non-hydrogen) atoms. The molecule has 16 nitrogen and oxygen atoms in total. The summed E-state index contributed by atoms with van der Waals surface area (Å²) in [6.07, 6.45) is 1.14. The average Bonchev–Trinajstić information content (AvgIpc) is 3.23. The van der Waals surface area contributed by atoms with Crippen molar-refractivity contribution in [1.82, 2.24) is 41.2 Å². The van der Waals surface area contributed by atoms with Gasteiger partial charge in [0.05, 0.1) is 12.1 Å². The van der Waals surface area contributed by atoms with Gasteiger partial charge in [-0.25, -0.2) is 29.5 Å². The van der Waals surface area contributed by atoms with Crippen molar-refractivity contribution < 1.29 is 38.9 Å². The number of amides is 4. The second-order valence-electron chi connectivity index (χ2n) is 13.8. The fourth-order valence-corrected chi connectivity index (χ4v) is 7.13. The number of carbonyl (C=O) groups is 4. The molecule has 0 saturated heterocycles. The van der Waals surface area contributed by atoms with Crippen molar-refractivity contribution in [3.63, 3.8) is 0 Å². The lowest BCUT2D eigenvalue weighted by atomic mass is 9.98. The summed E-state index contributed by atoms with van der Waals surface area (Å²) in [5.74, 6) is -2.16. The predicted molar refractivity (Wildman–Crippen MR) is 218 cm³/mol. The molecule has 2 aromatic heterocycles. The molecule has 4 rings (SSSR count). The van der Waals surface area contributed by atoms with Gasteiger partial charge in [-0.05, 0) is 35.1 Å². The minimum atomic E-state index is -1.69. The molecule has 0 spiro atoms. The Bertz CT molecular complexity index is 1720. The minimum Gasteiger partial charge on any atom is -0.445 e. The van der Waals surface area contributed by atoms with Gasteiger partial charge in [0, 0.05) is 36.3 Å². The van der Waals surface area contributed by atoms with Gasteiger partial charge in [0.1, 0.15) is 37.5 Å². The quantitative estimate of drug-likeness (QED) is 0.0520. The maximum Gasteiger partial charge on any atom is 0.408 e. The maximum absolute atomic E-state index is 13.9. The summed E-state index contributed by atoms with van der Waals surface area (Å²) in [7, 11) is 0. The maximum atomic E-state index is 13.9. The molecular weight excluding hydrogens is 785 g/mol. The van der Waals surface area contributed by atoms with Gasteiger partial charge in [0.15, 0.2) is 10.3 Å². The van der Waals surface area contributed by atoms with E-state index in [1.54, 1.807) is 88.9 Å². The number of thioether (sulfide) groups is 2. The number of benzene rings is 2. The number of hydrogen-bond acceptors (Lipinski definition) is 14. The van der Waals surface area contributed by atoms with E-state index >= 15 is 0 Å². The van der Waals surface area contributed by atoms with Gasteiger partial charge in [-0.1, -0.05) is 112 Å². The van der Waals surface area contributed by atoms with Gasteiger partial charge in [0.2, 0.25) is 11.8 Å². The Labute approximate surface area is 346 Å². The molecule has 6 N–H and O–H groups in total. The summed E-state index contributed by atoms with van der Waals surface area (Å²) in [6.45, 7) is 6.92. The number of rotatable bonds is 21. The van der Waals surface area contributed by atoms with Gasteiger partial charge in [-0.15, -0.1) is 0 Å². The number of nitrogens with one attached hydrogen (secondary N) is 4. The molecule has 2 aromatic carbocycles. The van der Waals surface area contributed by atoms with Gasteiger partial charge in [0.25, 0.3) is 0 Å². The van der Waals surface area contributed by atoms with Crippen molar-refractivity contribution in [3.8, 4) is 0 Å². The van der Waals surface area contributed by atoms with E-state index in [1.807, 2.05) is 36.4 Å². The lowest BCUT2D eigenvalue weighted by Crippen LogP contribution is -2.62. The van der Waals surface area contributed by atoms with E-state index in [2.05, 4.69) is 41.2 Å². The molecule has 0 aliphatic heterocycles. The molecular formula is C40H50N8O8S2. The number of aromatic nitrogens is 4. The molecule has 0 saturated carbocycles. The average molecular weight is 835 g/mol. The summed E-state index contributed by atoms with van der Waals surface area (Å²) >= 11 is 2.23. The zero-order valence-electron chi connectivity index (χ0n) is 32.6. The van der Waals surface area contributed by atoms with Crippen molar-refractivity contribution in [2.75, 3.05) is 11.5 Å². The van der Waals surface area contributed by atoms with Crippen molar-refractivity contribution >= 4 is 47.5 Å². The highest BCUT2D eigenvalue weighted by Gasteiger charge is 2.38. The molecule has 0 aliphatic carbocycles. The molecule has 0 bridgehead atoms. The van der Waals surface area contributed by atoms with Crippen LogP contribution in [0, 0.1) is 11.8 Å². The monoisotopic (exact) mass is 834 g/mol. The van der Waals surface area contributed by atoms with Crippen LogP contribution in [0.1, 0.15) is 38.8 Å². The van der Waals surface area contributed by atoms with E-state index in [0.717, 1.165) is 34.7 Å². The van der Waals surface area contributed by atoms with Crippen LogP contribution in [-0.2, 0) is 32.3 Å². The highest BCUT2D eigenvalue weighted by molar-refractivity contribution is 7.99. The third-order valence-corrected chi connectivity index (χ3v) is 10.6. The first-order valence-electron chi connectivity index (χ1n) is 18.6. The Kier molecular flexibility index (Phi) is 18.6. The van der Waals surface area contributed by atoms with Crippen molar-refractivity contribution in [2.24, 2.45) is 11.8 Å². The molecule has 2 heterocycles. The van der Waals surface area contributed by atoms with E-state index < -0.39 is 72.2 Å². The van der Waals surface area contributed by atoms with Crippen LogP contribution < -0.4 is 21.3 Å².